The molecule has 0 bridgehead atoms. The average molecular weight is 434 g/mol. The molecule has 2 aromatic heterocycles. The third kappa shape index (κ3) is 3.72. The van der Waals surface area contributed by atoms with Gasteiger partial charge in [-0.15, -0.1) is 11.3 Å². The number of nitrogens with zero attached hydrogens (tertiary/aromatic N) is 3. The summed E-state index contributed by atoms with van der Waals surface area (Å²) in [4.78, 5) is 41.5. The van der Waals surface area contributed by atoms with E-state index in [0.717, 1.165) is 16.8 Å². The van der Waals surface area contributed by atoms with Crippen LogP contribution >= 0.6 is 11.3 Å². The Morgan fingerprint density at radius 2 is 1.77 bits per heavy atom. The Hall–Kier alpha value is -3.45. The minimum atomic E-state index is -0.514. The van der Waals surface area contributed by atoms with Crippen LogP contribution in [0.1, 0.15) is 18.1 Å². The highest BCUT2D eigenvalue weighted by Crippen LogP contribution is 2.19. The van der Waals surface area contributed by atoms with Gasteiger partial charge < -0.3 is 4.90 Å². The van der Waals surface area contributed by atoms with E-state index in [-0.39, 0.29) is 18.0 Å². The highest BCUT2D eigenvalue weighted by molar-refractivity contribution is 7.17. The van der Waals surface area contributed by atoms with Crippen molar-refractivity contribution in [1.29, 1.82) is 0 Å². The van der Waals surface area contributed by atoms with E-state index >= 15 is 0 Å². The molecule has 0 saturated heterocycles. The third-order valence-corrected chi connectivity index (χ3v) is 6.22. The molecule has 158 valence electrons. The molecule has 31 heavy (non-hydrogen) atoms. The van der Waals surface area contributed by atoms with Crippen molar-refractivity contribution in [2.24, 2.45) is 0 Å². The van der Waals surface area contributed by atoms with Crippen molar-refractivity contribution in [3.8, 4) is 5.69 Å². The van der Waals surface area contributed by atoms with Crippen LogP contribution in [0.3, 0.4) is 0 Å². The molecule has 0 aliphatic heterocycles. The van der Waals surface area contributed by atoms with Crippen LogP contribution in [-0.4, -0.2) is 21.6 Å². The van der Waals surface area contributed by atoms with E-state index in [1.807, 2.05) is 63.2 Å². The maximum Gasteiger partial charge on any atom is 0.336 e. The van der Waals surface area contributed by atoms with E-state index in [0.29, 0.717) is 22.4 Å². The summed E-state index contributed by atoms with van der Waals surface area (Å²) in [5.41, 5.74) is 2.79. The monoisotopic (exact) mass is 433 g/mol. The lowest BCUT2D eigenvalue weighted by Gasteiger charge is -2.22. The van der Waals surface area contributed by atoms with Crippen LogP contribution in [0, 0.1) is 13.8 Å². The molecule has 2 heterocycles. The van der Waals surface area contributed by atoms with Gasteiger partial charge in [-0.2, -0.15) is 0 Å². The van der Waals surface area contributed by atoms with Gasteiger partial charge in [-0.25, -0.2) is 9.36 Å². The Balaban J connectivity index is 1.87. The Kier molecular flexibility index (Phi) is 5.61. The lowest BCUT2D eigenvalue weighted by Crippen LogP contribution is -2.42. The van der Waals surface area contributed by atoms with Crippen LogP contribution in [-0.2, 0) is 11.3 Å². The predicted octanol–water partition coefficient (Wildman–Crippen LogP) is 3.88. The summed E-state index contributed by atoms with van der Waals surface area (Å²) >= 11 is 1.27. The van der Waals surface area contributed by atoms with Gasteiger partial charge in [0.25, 0.3) is 5.56 Å². The predicted molar refractivity (Wildman–Crippen MR) is 126 cm³/mol. The first-order valence-electron chi connectivity index (χ1n) is 10.1. The number of para-hydroxylation sites is 1. The third-order valence-electron chi connectivity index (χ3n) is 5.33. The zero-order chi connectivity index (χ0) is 22.1. The number of aryl methyl sites for hydroxylation is 2. The van der Waals surface area contributed by atoms with E-state index in [4.69, 9.17) is 0 Å². The lowest BCUT2D eigenvalue weighted by molar-refractivity contribution is -0.119. The number of amides is 1. The van der Waals surface area contributed by atoms with Gasteiger partial charge in [-0.1, -0.05) is 35.9 Å². The van der Waals surface area contributed by atoms with Gasteiger partial charge in [0.2, 0.25) is 5.91 Å². The number of carbonyl (C=O) groups excluding carboxylic acids is 1. The molecule has 0 radical (unpaired) electrons. The Morgan fingerprint density at radius 3 is 2.45 bits per heavy atom. The molecule has 0 N–H and O–H groups in total. The molecular weight excluding hydrogens is 410 g/mol. The van der Waals surface area contributed by atoms with Gasteiger partial charge in [0, 0.05) is 12.2 Å². The van der Waals surface area contributed by atoms with Crippen molar-refractivity contribution in [2.45, 2.75) is 27.3 Å². The van der Waals surface area contributed by atoms with Crippen molar-refractivity contribution in [3.63, 3.8) is 0 Å². The number of hydrogen-bond acceptors (Lipinski definition) is 4. The summed E-state index contributed by atoms with van der Waals surface area (Å²) in [5.74, 6) is -0.214. The smallest absolute Gasteiger partial charge is 0.311 e. The molecule has 0 unspecified atom stereocenters. The molecule has 2 aromatic carbocycles. The van der Waals surface area contributed by atoms with Crippen molar-refractivity contribution in [3.05, 3.63) is 91.9 Å². The van der Waals surface area contributed by atoms with Gasteiger partial charge in [-0.3, -0.25) is 14.2 Å². The van der Waals surface area contributed by atoms with E-state index in [9.17, 15) is 14.4 Å². The SMILES string of the molecule is CCN(C(=O)Cn1c(=O)n(-c2ccc(C)cc2C)c(=O)c2sccc21)c1ccccc1. The average Bonchev–Trinajstić information content (AvgIpc) is 3.24. The van der Waals surface area contributed by atoms with E-state index in [2.05, 4.69) is 0 Å². The van der Waals surface area contributed by atoms with E-state index in [1.165, 1.54) is 20.5 Å². The summed E-state index contributed by atoms with van der Waals surface area (Å²) < 4.78 is 3.04. The Morgan fingerprint density at radius 1 is 1.03 bits per heavy atom. The topological polar surface area (TPSA) is 64.3 Å². The summed E-state index contributed by atoms with van der Waals surface area (Å²) in [6.07, 6.45) is 0. The van der Waals surface area contributed by atoms with E-state index in [1.54, 1.807) is 22.4 Å². The second-order valence-electron chi connectivity index (χ2n) is 7.41. The fourth-order valence-electron chi connectivity index (χ4n) is 3.84. The number of thiophene rings is 1. The number of rotatable bonds is 5. The maximum atomic E-state index is 13.5. The molecule has 0 atom stereocenters. The Bertz CT molecular complexity index is 1380. The normalized spacial score (nSPS) is 11.1. The van der Waals surface area contributed by atoms with Crippen LogP contribution in [0.25, 0.3) is 15.9 Å². The molecule has 7 heteroatoms. The van der Waals surface area contributed by atoms with Crippen LogP contribution < -0.4 is 16.1 Å². The molecule has 1 amide bonds. The number of benzene rings is 2. The lowest BCUT2D eigenvalue weighted by atomic mass is 10.1. The van der Waals surface area contributed by atoms with Crippen molar-refractivity contribution >= 4 is 33.1 Å². The van der Waals surface area contributed by atoms with Gasteiger partial charge in [0.15, 0.2) is 0 Å². The molecular formula is C24H23N3O3S. The molecule has 0 saturated carbocycles. The molecule has 6 nitrogen and oxygen atoms in total. The highest BCUT2D eigenvalue weighted by Gasteiger charge is 2.21. The van der Waals surface area contributed by atoms with Crippen LogP contribution in [0.2, 0.25) is 0 Å². The first-order valence-corrected chi connectivity index (χ1v) is 11.0. The van der Waals surface area contributed by atoms with Crippen LogP contribution in [0.15, 0.2) is 69.6 Å². The number of aromatic nitrogens is 2. The fourth-order valence-corrected chi connectivity index (χ4v) is 4.66. The van der Waals surface area contributed by atoms with Crippen LogP contribution in [0.5, 0.6) is 0 Å². The molecule has 0 aliphatic carbocycles. The second-order valence-corrected chi connectivity index (χ2v) is 8.32. The van der Waals surface area contributed by atoms with Gasteiger partial charge in [0.1, 0.15) is 11.2 Å². The van der Waals surface area contributed by atoms with Gasteiger partial charge >= 0.3 is 5.69 Å². The minimum Gasteiger partial charge on any atom is -0.311 e. The zero-order valence-corrected chi connectivity index (χ0v) is 18.5. The standard InChI is InChI=1S/C24H23N3O3S/c1-4-25(18-8-6-5-7-9-18)21(28)15-26-20-12-13-31-22(20)23(29)27(24(26)30)19-11-10-16(2)14-17(19)3/h5-14H,4,15H2,1-3H3. The van der Waals surface area contributed by atoms with Crippen molar-refractivity contribution < 1.29 is 4.79 Å². The highest BCUT2D eigenvalue weighted by atomic mass is 32.1. The number of carbonyl (C=O) groups is 1. The van der Waals surface area contributed by atoms with Gasteiger partial charge in [0.05, 0.1) is 11.2 Å². The molecule has 0 fully saturated rings. The zero-order valence-electron chi connectivity index (χ0n) is 17.7. The summed E-state index contributed by atoms with van der Waals surface area (Å²) in [6, 6.07) is 16.7. The largest absolute Gasteiger partial charge is 0.336 e. The summed E-state index contributed by atoms with van der Waals surface area (Å²) in [7, 11) is 0. The number of fused-ring (bicyclic) bond motifs is 1. The first kappa shape index (κ1) is 20.8. The second kappa shape index (κ2) is 8.35. The molecule has 4 aromatic rings. The van der Waals surface area contributed by atoms with Gasteiger partial charge in [-0.05, 0) is 56.0 Å². The number of anilines is 1. The molecule has 4 rings (SSSR count). The van der Waals surface area contributed by atoms with E-state index < -0.39 is 5.69 Å². The molecule has 0 spiro atoms. The summed E-state index contributed by atoms with van der Waals surface area (Å²) in [5, 5.41) is 1.77. The maximum absolute atomic E-state index is 13.5. The number of hydrogen-bond donors (Lipinski definition) is 0. The first-order chi connectivity index (χ1) is 14.9. The number of likely N-dealkylation sites (N-methyl/N-ethyl adjacent to an activating group) is 1. The van der Waals surface area contributed by atoms with Crippen LogP contribution in [0.4, 0.5) is 5.69 Å². The van der Waals surface area contributed by atoms with Crippen molar-refractivity contribution in [2.75, 3.05) is 11.4 Å². The summed E-state index contributed by atoms with van der Waals surface area (Å²) in [6.45, 7) is 6.05. The Labute approximate surface area is 183 Å². The quantitative estimate of drug-likeness (QED) is 0.480. The van der Waals surface area contributed by atoms with Crippen molar-refractivity contribution in [1.82, 2.24) is 9.13 Å². The minimum absolute atomic E-state index is 0.153. The fraction of sp³-hybridized carbons (Fsp3) is 0.208. The molecule has 0 aliphatic rings.